The van der Waals surface area contributed by atoms with Gasteiger partial charge in [-0.25, -0.2) is 4.79 Å². The van der Waals surface area contributed by atoms with Crippen molar-refractivity contribution in [2.45, 2.75) is 25.8 Å². The average Bonchev–Trinajstić information content (AvgIpc) is 3.53. The molecular formula is C35H38N8O5. The summed E-state index contributed by atoms with van der Waals surface area (Å²) in [7, 11) is 1.64. The van der Waals surface area contributed by atoms with Gasteiger partial charge in [0.1, 0.15) is 12.4 Å². The number of carbonyl (C=O) groups excluding carboxylic acids is 1. The number of nitro groups is 1. The minimum absolute atomic E-state index is 0.0892. The number of hydrogen-bond acceptors (Lipinski definition) is 11. The first-order chi connectivity index (χ1) is 23.3. The third-order valence-corrected chi connectivity index (χ3v) is 8.69. The maximum atomic E-state index is 13.1. The first-order valence-electron chi connectivity index (χ1n) is 15.9. The van der Waals surface area contributed by atoms with E-state index in [2.05, 4.69) is 79.1 Å². The van der Waals surface area contributed by atoms with Gasteiger partial charge in [0, 0.05) is 56.1 Å². The number of tetrazole rings is 1. The lowest BCUT2D eigenvalue weighted by Gasteiger charge is -2.39. The van der Waals surface area contributed by atoms with Crippen molar-refractivity contribution < 1.29 is 19.2 Å². The Morgan fingerprint density at radius 2 is 1.62 bits per heavy atom. The highest BCUT2D eigenvalue weighted by atomic mass is 16.7. The van der Waals surface area contributed by atoms with Gasteiger partial charge in [-0.1, -0.05) is 72.8 Å². The average molecular weight is 651 g/mol. The van der Waals surface area contributed by atoms with Crippen LogP contribution >= 0.6 is 0 Å². The summed E-state index contributed by atoms with van der Waals surface area (Å²) >= 11 is 0. The fraction of sp³-hybridized carbons (Fsp3) is 0.314. The van der Waals surface area contributed by atoms with Gasteiger partial charge in [-0.15, -0.1) is 10.2 Å². The SMILES string of the molecule is CC1=C(OC(=O)OCCN2CCN(C(c3ccccc3)c3ccccc3)CC2)C(c2cccc([N+](=O)[O-])c2)C(c2nnn(C)n2)=C(C)N1. The molecule has 0 aliphatic carbocycles. The number of benzene rings is 3. The first-order valence-corrected chi connectivity index (χ1v) is 15.9. The van der Waals surface area contributed by atoms with Gasteiger partial charge in [0.15, 0.2) is 0 Å². The van der Waals surface area contributed by atoms with Gasteiger partial charge >= 0.3 is 6.16 Å². The summed E-state index contributed by atoms with van der Waals surface area (Å²) in [6, 6.07) is 27.5. The molecule has 248 valence electrons. The van der Waals surface area contributed by atoms with Crippen molar-refractivity contribution in [3.05, 3.63) is 135 Å². The zero-order valence-electron chi connectivity index (χ0n) is 27.2. The molecule has 6 rings (SSSR count). The number of aromatic nitrogens is 4. The standard InChI is InChI=1S/C35H38N8O5/c1-24-30(34-37-39-40(3)38-34)31(28-15-10-16-29(23-28)43(45)46)33(25(2)36-24)48-35(44)47-22-21-41-17-19-42(20-18-41)32(26-11-6-4-7-12-26)27-13-8-5-9-14-27/h4-16,23,31-32,36H,17-22H2,1-3H3. The fourth-order valence-corrected chi connectivity index (χ4v) is 6.44. The van der Waals surface area contributed by atoms with Gasteiger partial charge in [0.2, 0.25) is 5.82 Å². The molecule has 1 saturated heterocycles. The van der Waals surface area contributed by atoms with Crippen LogP contribution in [0.25, 0.3) is 5.57 Å². The van der Waals surface area contributed by atoms with Crippen molar-refractivity contribution in [3.8, 4) is 0 Å². The summed E-state index contributed by atoms with van der Waals surface area (Å²) in [5.41, 5.74) is 4.83. The molecule has 2 aliphatic rings. The van der Waals surface area contributed by atoms with E-state index in [0.717, 1.165) is 26.2 Å². The predicted molar refractivity (Wildman–Crippen MR) is 178 cm³/mol. The fourth-order valence-electron chi connectivity index (χ4n) is 6.44. The number of rotatable bonds is 10. The highest BCUT2D eigenvalue weighted by Crippen LogP contribution is 2.43. The van der Waals surface area contributed by atoms with Gasteiger partial charge in [-0.3, -0.25) is 19.9 Å². The first kappa shape index (κ1) is 32.5. The summed E-state index contributed by atoms with van der Waals surface area (Å²) in [5, 5.41) is 27.4. The van der Waals surface area contributed by atoms with Crippen molar-refractivity contribution in [2.75, 3.05) is 39.3 Å². The van der Waals surface area contributed by atoms with Crippen molar-refractivity contribution in [1.29, 1.82) is 0 Å². The summed E-state index contributed by atoms with van der Waals surface area (Å²) in [4.78, 5) is 30.4. The second-order valence-corrected chi connectivity index (χ2v) is 11.8. The Labute approximate surface area is 278 Å². The largest absolute Gasteiger partial charge is 0.513 e. The lowest BCUT2D eigenvalue weighted by atomic mass is 9.84. The number of piperazine rings is 1. The van der Waals surface area contributed by atoms with Crippen LogP contribution in [-0.2, 0) is 16.5 Å². The minimum atomic E-state index is -0.862. The van der Waals surface area contributed by atoms with Gasteiger partial charge in [-0.05, 0) is 35.8 Å². The van der Waals surface area contributed by atoms with Crippen LogP contribution in [-0.4, -0.2) is 80.4 Å². The zero-order chi connectivity index (χ0) is 33.6. The van der Waals surface area contributed by atoms with Crippen molar-refractivity contribution in [3.63, 3.8) is 0 Å². The van der Waals surface area contributed by atoms with Crippen LogP contribution in [0, 0.1) is 10.1 Å². The second kappa shape index (κ2) is 14.6. The molecule has 3 aromatic carbocycles. The van der Waals surface area contributed by atoms with E-state index in [4.69, 9.17) is 9.47 Å². The number of nitrogens with zero attached hydrogens (tertiary/aromatic N) is 7. The van der Waals surface area contributed by atoms with E-state index in [1.165, 1.54) is 28.1 Å². The Balaban J connectivity index is 1.10. The van der Waals surface area contributed by atoms with Gasteiger partial charge in [-0.2, -0.15) is 4.80 Å². The van der Waals surface area contributed by atoms with Crippen LogP contribution in [0.4, 0.5) is 10.5 Å². The summed E-state index contributed by atoms with van der Waals surface area (Å²) in [5.74, 6) is -0.171. The predicted octanol–water partition coefficient (Wildman–Crippen LogP) is 5.03. The molecule has 1 fully saturated rings. The normalized spacial score (nSPS) is 17.4. The van der Waals surface area contributed by atoms with Gasteiger partial charge in [0.25, 0.3) is 5.69 Å². The van der Waals surface area contributed by atoms with E-state index in [0.29, 0.717) is 34.9 Å². The third-order valence-electron chi connectivity index (χ3n) is 8.69. The molecule has 48 heavy (non-hydrogen) atoms. The molecule has 13 heteroatoms. The molecule has 1 N–H and O–H groups in total. The monoisotopic (exact) mass is 650 g/mol. The van der Waals surface area contributed by atoms with Gasteiger partial charge < -0.3 is 14.8 Å². The number of nitro benzene ring substituents is 1. The molecule has 1 atom stereocenters. The number of ether oxygens (including phenoxy) is 2. The molecule has 0 radical (unpaired) electrons. The van der Waals surface area contributed by atoms with Crippen LogP contribution in [0.1, 0.15) is 48.3 Å². The van der Waals surface area contributed by atoms with E-state index in [9.17, 15) is 14.9 Å². The summed E-state index contributed by atoms with van der Waals surface area (Å²) in [6.45, 7) is 7.72. The number of aryl methyl sites for hydroxylation is 1. The zero-order valence-corrected chi connectivity index (χ0v) is 27.2. The van der Waals surface area contributed by atoms with E-state index < -0.39 is 17.0 Å². The Hall–Kier alpha value is -5.40. The number of nitrogens with one attached hydrogen (secondary N) is 1. The Kier molecular flexibility index (Phi) is 9.88. The Morgan fingerprint density at radius 3 is 2.23 bits per heavy atom. The third kappa shape index (κ3) is 7.27. The molecule has 0 spiro atoms. The molecule has 0 saturated carbocycles. The van der Waals surface area contributed by atoms with Crippen molar-refractivity contribution in [1.82, 2.24) is 35.3 Å². The van der Waals surface area contributed by atoms with E-state index in [-0.39, 0.29) is 24.1 Å². The highest BCUT2D eigenvalue weighted by molar-refractivity contribution is 5.76. The van der Waals surface area contributed by atoms with Crippen LogP contribution in [0.15, 0.2) is 102 Å². The topological polar surface area (TPSA) is 141 Å². The number of allylic oxidation sites excluding steroid dienone is 3. The summed E-state index contributed by atoms with van der Waals surface area (Å²) < 4.78 is 11.4. The molecular weight excluding hydrogens is 612 g/mol. The highest BCUT2D eigenvalue weighted by Gasteiger charge is 2.36. The maximum absolute atomic E-state index is 13.1. The number of non-ortho nitro benzene ring substituents is 1. The molecule has 13 nitrogen and oxygen atoms in total. The second-order valence-electron chi connectivity index (χ2n) is 11.8. The van der Waals surface area contributed by atoms with E-state index in [1.54, 1.807) is 26.1 Å². The number of dihydropyridines is 1. The molecule has 0 amide bonds. The summed E-state index contributed by atoms with van der Waals surface area (Å²) in [6.07, 6.45) is -0.862. The van der Waals surface area contributed by atoms with Crippen molar-refractivity contribution in [2.24, 2.45) is 7.05 Å². The maximum Gasteiger partial charge on any atom is 0.513 e. The quantitative estimate of drug-likeness (QED) is 0.140. The number of hydrogen-bond donors (Lipinski definition) is 1. The van der Waals surface area contributed by atoms with Crippen LogP contribution < -0.4 is 5.32 Å². The molecule has 1 aromatic heterocycles. The van der Waals surface area contributed by atoms with Crippen LogP contribution in [0.5, 0.6) is 0 Å². The Morgan fingerprint density at radius 1 is 0.958 bits per heavy atom. The molecule has 0 bridgehead atoms. The molecule has 2 aliphatic heterocycles. The molecule has 3 heterocycles. The van der Waals surface area contributed by atoms with E-state index >= 15 is 0 Å². The van der Waals surface area contributed by atoms with Crippen LogP contribution in [0.2, 0.25) is 0 Å². The Bertz CT molecular complexity index is 1780. The number of carbonyl (C=O) groups is 1. The molecule has 4 aromatic rings. The minimum Gasteiger partial charge on any atom is -0.433 e. The van der Waals surface area contributed by atoms with Crippen LogP contribution in [0.3, 0.4) is 0 Å². The smallest absolute Gasteiger partial charge is 0.433 e. The lowest BCUT2D eigenvalue weighted by Crippen LogP contribution is -2.48. The van der Waals surface area contributed by atoms with Crippen molar-refractivity contribution >= 4 is 17.4 Å². The van der Waals surface area contributed by atoms with Gasteiger partial charge in [0.05, 0.1) is 29.6 Å². The molecule has 1 unspecified atom stereocenters. The van der Waals surface area contributed by atoms with E-state index in [1.807, 2.05) is 19.1 Å². The lowest BCUT2D eigenvalue weighted by molar-refractivity contribution is -0.384.